The molecule has 21 heavy (non-hydrogen) atoms. The minimum absolute atomic E-state index is 0.0282. The van der Waals surface area contributed by atoms with Crippen molar-refractivity contribution >= 4 is 11.8 Å². The predicted octanol–water partition coefficient (Wildman–Crippen LogP) is 1.32. The summed E-state index contributed by atoms with van der Waals surface area (Å²) >= 11 is 0. The van der Waals surface area contributed by atoms with E-state index in [4.69, 9.17) is 4.74 Å². The van der Waals surface area contributed by atoms with Gasteiger partial charge >= 0.3 is 0 Å². The van der Waals surface area contributed by atoms with E-state index in [9.17, 15) is 9.59 Å². The molecule has 2 amide bonds. The average molecular weight is 288 g/mol. The molecular formula is C16H20N2O3. The van der Waals surface area contributed by atoms with E-state index in [-0.39, 0.29) is 24.3 Å². The number of hydrogen-bond acceptors (Lipinski definition) is 3. The van der Waals surface area contributed by atoms with Crippen molar-refractivity contribution in [2.75, 3.05) is 13.7 Å². The first-order chi connectivity index (χ1) is 10.0. The van der Waals surface area contributed by atoms with Crippen LogP contribution >= 0.6 is 0 Å². The molecule has 1 heterocycles. The van der Waals surface area contributed by atoms with Gasteiger partial charge in [-0.3, -0.25) is 9.59 Å². The fourth-order valence-electron chi connectivity index (χ4n) is 2.97. The number of ether oxygens (including phenoxy) is 1. The molecule has 0 radical (unpaired) electrons. The van der Waals surface area contributed by atoms with Gasteiger partial charge in [-0.05, 0) is 43.4 Å². The van der Waals surface area contributed by atoms with Gasteiger partial charge in [0, 0.05) is 6.54 Å². The Morgan fingerprint density at radius 2 is 1.95 bits per heavy atom. The van der Waals surface area contributed by atoms with Crippen LogP contribution in [-0.2, 0) is 16.1 Å². The standard InChI is InChI=1S/C16H20N2O3/c1-16(12-5-6-12)15(20)18(10-14(19)17-16)9-11-3-7-13(21-2)8-4-11/h3-4,7-8,12H,5-6,9-10H2,1-2H3,(H,17,19). The summed E-state index contributed by atoms with van der Waals surface area (Å²) in [5.74, 6) is 1.02. The number of rotatable bonds is 4. The van der Waals surface area contributed by atoms with E-state index in [1.54, 1.807) is 12.0 Å². The highest BCUT2D eigenvalue weighted by Crippen LogP contribution is 2.41. The van der Waals surface area contributed by atoms with Crippen molar-refractivity contribution < 1.29 is 14.3 Å². The van der Waals surface area contributed by atoms with Crippen molar-refractivity contribution in [2.24, 2.45) is 5.92 Å². The molecule has 1 aromatic rings. The van der Waals surface area contributed by atoms with Gasteiger partial charge in [-0.1, -0.05) is 12.1 Å². The molecule has 112 valence electrons. The second kappa shape index (κ2) is 5.06. The summed E-state index contributed by atoms with van der Waals surface area (Å²) in [5, 5.41) is 2.89. The van der Waals surface area contributed by atoms with Crippen molar-refractivity contribution in [1.29, 1.82) is 0 Å². The Kier molecular flexibility index (Phi) is 3.35. The molecule has 0 spiro atoms. The highest BCUT2D eigenvalue weighted by molar-refractivity contribution is 5.98. The third-order valence-corrected chi connectivity index (χ3v) is 4.39. The summed E-state index contributed by atoms with van der Waals surface area (Å²) in [5.41, 5.74) is 0.277. The molecule has 5 nitrogen and oxygen atoms in total. The third kappa shape index (κ3) is 2.60. The first-order valence-electron chi connectivity index (χ1n) is 7.26. The molecule has 2 fully saturated rings. The molecule has 0 aromatic heterocycles. The minimum Gasteiger partial charge on any atom is -0.497 e. The zero-order valence-corrected chi connectivity index (χ0v) is 12.4. The van der Waals surface area contributed by atoms with Crippen LogP contribution in [0.2, 0.25) is 0 Å². The number of benzene rings is 1. The molecule has 1 unspecified atom stereocenters. The largest absolute Gasteiger partial charge is 0.497 e. The van der Waals surface area contributed by atoms with Gasteiger partial charge in [0.2, 0.25) is 11.8 Å². The Hall–Kier alpha value is -2.04. The van der Waals surface area contributed by atoms with Crippen LogP contribution in [0.1, 0.15) is 25.3 Å². The quantitative estimate of drug-likeness (QED) is 0.909. The molecule has 1 aromatic carbocycles. The Balaban J connectivity index is 1.76. The van der Waals surface area contributed by atoms with Crippen molar-refractivity contribution in [2.45, 2.75) is 31.8 Å². The molecule has 5 heteroatoms. The van der Waals surface area contributed by atoms with E-state index >= 15 is 0 Å². The number of piperazine rings is 1. The number of amides is 2. The predicted molar refractivity (Wildman–Crippen MR) is 77.7 cm³/mol. The molecule has 1 saturated carbocycles. The zero-order chi connectivity index (χ0) is 15.0. The molecule has 1 N–H and O–H groups in total. The maximum absolute atomic E-state index is 12.7. The summed E-state index contributed by atoms with van der Waals surface area (Å²) < 4.78 is 5.13. The number of carbonyl (C=O) groups excluding carboxylic acids is 2. The van der Waals surface area contributed by atoms with Crippen molar-refractivity contribution in [3.05, 3.63) is 29.8 Å². The lowest BCUT2D eigenvalue weighted by Crippen LogP contribution is -2.66. The highest BCUT2D eigenvalue weighted by Gasteiger charge is 2.52. The second-order valence-electron chi connectivity index (χ2n) is 6.03. The lowest BCUT2D eigenvalue weighted by Gasteiger charge is -2.40. The normalized spacial score (nSPS) is 25.7. The van der Waals surface area contributed by atoms with Crippen LogP contribution in [0, 0.1) is 5.92 Å². The van der Waals surface area contributed by atoms with E-state index in [1.807, 2.05) is 31.2 Å². The molecule has 1 atom stereocenters. The maximum Gasteiger partial charge on any atom is 0.249 e. The Morgan fingerprint density at radius 1 is 1.29 bits per heavy atom. The topological polar surface area (TPSA) is 58.6 Å². The summed E-state index contributed by atoms with van der Waals surface area (Å²) in [6, 6.07) is 7.58. The minimum atomic E-state index is -0.720. The van der Waals surface area contributed by atoms with Crippen molar-refractivity contribution in [3.63, 3.8) is 0 Å². The summed E-state index contributed by atoms with van der Waals surface area (Å²) in [6.45, 7) is 2.44. The van der Waals surface area contributed by atoms with Gasteiger partial charge in [0.1, 0.15) is 11.3 Å². The SMILES string of the molecule is COc1ccc(CN2CC(=O)NC(C)(C3CC3)C2=O)cc1. The van der Waals surface area contributed by atoms with E-state index in [0.717, 1.165) is 24.2 Å². The molecule has 0 bridgehead atoms. The number of nitrogens with one attached hydrogen (secondary N) is 1. The molecule has 3 rings (SSSR count). The fourth-order valence-corrected chi connectivity index (χ4v) is 2.97. The van der Waals surface area contributed by atoms with Gasteiger partial charge in [0.05, 0.1) is 13.7 Å². The Labute approximate surface area is 124 Å². The molecule has 1 aliphatic carbocycles. The average Bonchev–Trinajstić information content (AvgIpc) is 3.30. The molecule has 1 aliphatic heterocycles. The lowest BCUT2D eigenvalue weighted by molar-refractivity contribution is -0.150. The van der Waals surface area contributed by atoms with Crippen molar-refractivity contribution in [3.8, 4) is 5.75 Å². The molecule has 2 aliphatic rings. The number of carbonyl (C=O) groups is 2. The van der Waals surface area contributed by atoms with E-state index < -0.39 is 5.54 Å². The van der Waals surface area contributed by atoms with Crippen LogP contribution in [0.3, 0.4) is 0 Å². The smallest absolute Gasteiger partial charge is 0.249 e. The fraction of sp³-hybridized carbons (Fsp3) is 0.500. The van der Waals surface area contributed by atoms with Gasteiger partial charge in [-0.25, -0.2) is 0 Å². The van der Waals surface area contributed by atoms with Crippen LogP contribution in [0.25, 0.3) is 0 Å². The Bertz CT molecular complexity index is 565. The number of nitrogens with zero attached hydrogens (tertiary/aromatic N) is 1. The van der Waals surface area contributed by atoms with Crippen LogP contribution in [0.5, 0.6) is 5.75 Å². The first kappa shape index (κ1) is 13.9. The molecule has 1 saturated heterocycles. The molecular weight excluding hydrogens is 268 g/mol. The van der Waals surface area contributed by atoms with Gasteiger partial charge in [0.25, 0.3) is 0 Å². The zero-order valence-electron chi connectivity index (χ0n) is 12.4. The number of methoxy groups -OCH3 is 1. The van der Waals surface area contributed by atoms with E-state index in [0.29, 0.717) is 6.54 Å². The summed E-state index contributed by atoms with van der Waals surface area (Å²) in [4.78, 5) is 26.3. The first-order valence-corrected chi connectivity index (χ1v) is 7.26. The van der Waals surface area contributed by atoms with Crippen LogP contribution in [0.15, 0.2) is 24.3 Å². The highest BCUT2D eigenvalue weighted by atomic mass is 16.5. The third-order valence-electron chi connectivity index (χ3n) is 4.39. The van der Waals surface area contributed by atoms with E-state index in [2.05, 4.69) is 5.32 Å². The van der Waals surface area contributed by atoms with Crippen LogP contribution in [0.4, 0.5) is 0 Å². The van der Waals surface area contributed by atoms with Crippen LogP contribution < -0.4 is 10.1 Å². The number of hydrogen-bond donors (Lipinski definition) is 1. The van der Waals surface area contributed by atoms with Gasteiger partial charge in [-0.2, -0.15) is 0 Å². The van der Waals surface area contributed by atoms with Crippen LogP contribution in [-0.4, -0.2) is 35.9 Å². The monoisotopic (exact) mass is 288 g/mol. The summed E-state index contributed by atoms with van der Waals surface area (Å²) in [7, 11) is 1.62. The van der Waals surface area contributed by atoms with Gasteiger partial charge in [-0.15, -0.1) is 0 Å². The second-order valence-corrected chi connectivity index (χ2v) is 6.03. The van der Waals surface area contributed by atoms with Gasteiger partial charge < -0.3 is 15.0 Å². The van der Waals surface area contributed by atoms with Crippen molar-refractivity contribution in [1.82, 2.24) is 10.2 Å². The Morgan fingerprint density at radius 3 is 2.52 bits per heavy atom. The summed E-state index contributed by atoms with van der Waals surface area (Å²) in [6.07, 6.45) is 2.03. The lowest BCUT2D eigenvalue weighted by atomic mass is 9.91. The maximum atomic E-state index is 12.7. The van der Waals surface area contributed by atoms with Gasteiger partial charge in [0.15, 0.2) is 0 Å². The van der Waals surface area contributed by atoms with E-state index in [1.165, 1.54) is 0 Å².